The summed E-state index contributed by atoms with van der Waals surface area (Å²) in [6.07, 6.45) is 1.38. The summed E-state index contributed by atoms with van der Waals surface area (Å²) in [5, 5.41) is 11.6. The van der Waals surface area contributed by atoms with Gasteiger partial charge in [-0.15, -0.1) is 0 Å². The minimum absolute atomic E-state index is 0.0440. The lowest BCUT2D eigenvalue weighted by Gasteiger charge is -2.06. The molecule has 0 aliphatic carbocycles. The molecule has 0 saturated heterocycles. The van der Waals surface area contributed by atoms with E-state index in [9.17, 15) is 10.0 Å². The summed E-state index contributed by atoms with van der Waals surface area (Å²) in [5.41, 5.74) is 0.943. The molecule has 1 aromatic heterocycles. The molecule has 2 aromatic rings. The molecule has 19 heavy (non-hydrogen) atoms. The van der Waals surface area contributed by atoms with Crippen LogP contribution in [0.1, 0.15) is 16.1 Å². The number of methoxy groups -OCH3 is 1. The van der Waals surface area contributed by atoms with Gasteiger partial charge in [-0.3, -0.25) is 4.79 Å². The number of rotatable bonds is 4. The average Bonchev–Trinajstić information content (AvgIpc) is 2.42. The van der Waals surface area contributed by atoms with Gasteiger partial charge in [-0.2, -0.15) is 4.73 Å². The van der Waals surface area contributed by atoms with Gasteiger partial charge in [0.1, 0.15) is 5.75 Å². The van der Waals surface area contributed by atoms with Gasteiger partial charge in [0.2, 0.25) is 5.69 Å². The quantitative estimate of drug-likeness (QED) is 0.494. The van der Waals surface area contributed by atoms with E-state index >= 15 is 0 Å². The first-order valence-electron chi connectivity index (χ1n) is 5.65. The highest BCUT2D eigenvalue weighted by Crippen LogP contribution is 2.14. The van der Waals surface area contributed by atoms with E-state index in [4.69, 9.17) is 4.74 Å². The van der Waals surface area contributed by atoms with Gasteiger partial charge in [0.15, 0.2) is 12.0 Å². The van der Waals surface area contributed by atoms with Crippen LogP contribution < -0.4 is 9.47 Å². The van der Waals surface area contributed by atoms with Crippen LogP contribution in [0.15, 0.2) is 47.1 Å². The van der Waals surface area contributed by atoms with Crippen molar-refractivity contribution in [2.24, 2.45) is 0 Å². The number of ether oxygens (including phenoxy) is 1. The number of aromatic nitrogens is 1. The highest BCUT2D eigenvalue weighted by Gasteiger charge is 2.14. The molecule has 1 aromatic carbocycles. The van der Waals surface area contributed by atoms with Crippen LogP contribution in [-0.2, 0) is 6.42 Å². The lowest BCUT2D eigenvalue weighted by atomic mass is 10.1. The van der Waals surface area contributed by atoms with Crippen LogP contribution in [0.25, 0.3) is 0 Å². The maximum Gasteiger partial charge on any atom is 0.204 e. The number of pyridine rings is 1. The van der Waals surface area contributed by atoms with Crippen LogP contribution in [0.4, 0.5) is 0 Å². The van der Waals surface area contributed by atoms with Crippen LogP contribution in [-0.4, -0.2) is 12.9 Å². The number of nitrogens with zero attached hydrogens (tertiary/aromatic N) is 1. The van der Waals surface area contributed by atoms with E-state index in [2.05, 4.69) is 15.9 Å². The highest BCUT2D eigenvalue weighted by molar-refractivity contribution is 9.10. The Morgan fingerprint density at radius 3 is 2.63 bits per heavy atom. The van der Waals surface area contributed by atoms with Crippen molar-refractivity contribution in [3.8, 4) is 5.75 Å². The molecule has 0 fully saturated rings. The van der Waals surface area contributed by atoms with Gasteiger partial charge in [0.05, 0.1) is 13.5 Å². The molecule has 0 unspecified atom stereocenters. The number of Topliss-reactive ketones (excluding diaryl/α,β-unsaturated/α-hetero) is 1. The number of halogens is 1. The molecule has 0 amide bonds. The van der Waals surface area contributed by atoms with E-state index in [0.29, 0.717) is 21.7 Å². The lowest BCUT2D eigenvalue weighted by molar-refractivity contribution is -0.613. The Morgan fingerprint density at radius 1 is 1.32 bits per heavy atom. The first kappa shape index (κ1) is 13.5. The molecule has 4 nitrogen and oxygen atoms in total. The van der Waals surface area contributed by atoms with E-state index in [1.54, 1.807) is 36.4 Å². The monoisotopic (exact) mass is 321 g/mol. The molecule has 1 heterocycles. The smallest absolute Gasteiger partial charge is 0.204 e. The zero-order chi connectivity index (χ0) is 13.8. The molecule has 0 N–H and O–H groups in total. The molecule has 0 bridgehead atoms. The van der Waals surface area contributed by atoms with Gasteiger partial charge >= 0.3 is 0 Å². The van der Waals surface area contributed by atoms with Gasteiger partial charge in [-0.1, -0.05) is 28.1 Å². The fraction of sp³-hybridized carbons (Fsp3) is 0.143. The Balaban J connectivity index is 2.21. The van der Waals surface area contributed by atoms with Crippen molar-refractivity contribution < 1.29 is 14.3 Å². The third kappa shape index (κ3) is 3.32. The molecule has 2 rings (SSSR count). The minimum Gasteiger partial charge on any atom is -0.618 e. The van der Waals surface area contributed by atoms with Crippen molar-refractivity contribution in [1.82, 2.24) is 0 Å². The van der Waals surface area contributed by atoms with E-state index in [-0.39, 0.29) is 12.2 Å². The summed E-state index contributed by atoms with van der Waals surface area (Å²) in [6, 6.07) is 10.2. The fourth-order valence-electron chi connectivity index (χ4n) is 1.67. The Hall–Kier alpha value is -1.88. The molecule has 0 radical (unpaired) electrons. The van der Waals surface area contributed by atoms with Crippen LogP contribution in [0, 0.1) is 5.21 Å². The van der Waals surface area contributed by atoms with E-state index in [1.807, 2.05) is 0 Å². The van der Waals surface area contributed by atoms with Gasteiger partial charge in [0, 0.05) is 22.2 Å². The molecular formula is C14H12BrNO3. The van der Waals surface area contributed by atoms with Gasteiger partial charge in [-0.05, 0) is 12.1 Å². The fourth-order valence-corrected chi connectivity index (χ4v) is 1.94. The van der Waals surface area contributed by atoms with E-state index in [0.717, 1.165) is 4.47 Å². The number of carbonyl (C=O) groups excluding carboxylic acids is 1. The molecular weight excluding hydrogens is 310 g/mol. The molecule has 0 saturated carbocycles. The zero-order valence-electron chi connectivity index (χ0n) is 10.3. The number of benzene rings is 1. The predicted octanol–water partition coefficient (Wildman–Crippen LogP) is 2.52. The number of hydrogen-bond donors (Lipinski definition) is 0. The topological polar surface area (TPSA) is 53.2 Å². The SMILES string of the molecule is COc1cc[n+]([O-])c(CC(=O)c2ccc(Br)cc2)c1. The second-order valence-electron chi connectivity index (χ2n) is 3.99. The molecule has 5 heteroatoms. The first-order valence-corrected chi connectivity index (χ1v) is 6.44. The summed E-state index contributed by atoms with van der Waals surface area (Å²) in [7, 11) is 1.52. The Bertz CT molecular complexity index is 596. The standard InChI is InChI=1S/C14H12BrNO3/c1-19-13-6-7-16(18)12(8-13)9-14(17)10-2-4-11(15)5-3-10/h2-8H,9H2,1H3. The van der Waals surface area contributed by atoms with Gasteiger partial charge in [-0.25, -0.2) is 0 Å². The second kappa shape index (κ2) is 5.84. The predicted molar refractivity (Wildman–Crippen MR) is 74.1 cm³/mol. The normalized spacial score (nSPS) is 10.2. The van der Waals surface area contributed by atoms with Gasteiger partial charge in [0.25, 0.3) is 0 Å². The maximum absolute atomic E-state index is 12.1. The summed E-state index contributed by atoms with van der Waals surface area (Å²) in [5.74, 6) is 0.455. The third-order valence-corrected chi connectivity index (χ3v) is 3.24. The highest BCUT2D eigenvalue weighted by atomic mass is 79.9. The third-order valence-electron chi connectivity index (χ3n) is 2.71. The van der Waals surface area contributed by atoms with E-state index in [1.165, 1.54) is 13.3 Å². The first-order chi connectivity index (χ1) is 9.10. The van der Waals surface area contributed by atoms with E-state index < -0.39 is 0 Å². The molecule has 0 spiro atoms. The molecule has 0 atom stereocenters. The van der Waals surface area contributed by atoms with Crippen molar-refractivity contribution in [3.05, 3.63) is 63.5 Å². The summed E-state index contributed by atoms with van der Waals surface area (Å²) in [4.78, 5) is 12.1. The average molecular weight is 322 g/mol. The number of hydrogen-bond acceptors (Lipinski definition) is 3. The molecule has 0 aliphatic rings. The molecule has 98 valence electrons. The second-order valence-corrected chi connectivity index (χ2v) is 4.91. The Morgan fingerprint density at radius 2 is 2.00 bits per heavy atom. The zero-order valence-corrected chi connectivity index (χ0v) is 11.9. The summed E-state index contributed by atoms with van der Waals surface area (Å²) >= 11 is 3.31. The van der Waals surface area contributed by atoms with Crippen molar-refractivity contribution in [2.45, 2.75) is 6.42 Å². The Kier molecular flexibility index (Phi) is 4.16. The van der Waals surface area contributed by atoms with Crippen molar-refractivity contribution >= 4 is 21.7 Å². The van der Waals surface area contributed by atoms with Gasteiger partial charge < -0.3 is 9.94 Å². The van der Waals surface area contributed by atoms with Crippen LogP contribution in [0.5, 0.6) is 5.75 Å². The summed E-state index contributed by atoms with van der Waals surface area (Å²) < 4.78 is 6.63. The lowest BCUT2D eigenvalue weighted by Crippen LogP contribution is -2.32. The molecule has 0 aliphatic heterocycles. The van der Waals surface area contributed by atoms with Crippen molar-refractivity contribution in [3.63, 3.8) is 0 Å². The van der Waals surface area contributed by atoms with Crippen LogP contribution in [0.2, 0.25) is 0 Å². The maximum atomic E-state index is 12.1. The number of ketones is 1. The Labute approximate surface area is 119 Å². The van der Waals surface area contributed by atoms with Crippen molar-refractivity contribution in [1.29, 1.82) is 0 Å². The van der Waals surface area contributed by atoms with Crippen LogP contribution in [0.3, 0.4) is 0 Å². The van der Waals surface area contributed by atoms with Crippen LogP contribution >= 0.6 is 15.9 Å². The largest absolute Gasteiger partial charge is 0.618 e. The summed E-state index contributed by atoms with van der Waals surface area (Å²) in [6.45, 7) is 0. The van der Waals surface area contributed by atoms with Crippen molar-refractivity contribution in [2.75, 3.05) is 7.11 Å². The minimum atomic E-state index is -0.106. The number of carbonyl (C=O) groups is 1.